The maximum Gasteiger partial charge on any atom is 0.213 e. The van der Waals surface area contributed by atoms with Crippen molar-refractivity contribution in [3.8, 4) is 0 Å². The normalized spacial score (nSPS) is 13.9. The van der Waals surface area contributed by atoms with E-state index in [1.54, 1.807) is 0 Å². The zero-order valence-electron chi connectivity index (χ0n) is 8.16. The standard InChI is InChI=1S/C8H10FN5O2/c9-6-2-1-4(10)7(13-6)8(16)5(15)3-12-14-11/h1-2,5,8,15-16H,3,10H2. The SMILES string of the molecule is [N-]=[N+]=NCC(O)C(O)c1nc(F)ccc1N. The lowest BCUT2D eigenvalue weighted by molar-refractivity contribution is 0.0218. The number of nitrogen functional groups attached to an aromatic ring is 1. The first kappa shape index (κ1) is 12.2. The van der Waals surface area contributed by atoms with Crippen LogP contribution in [0, 0.1) is 5.95 Å². The predicted molar refractivity (Wildman–Crippen MR) is 53.6 cm³/mol. The van der Waals surface area contributed by atoms with Crippen molar-refractivity contribution in [2.45, 2.75) is 12.2 Å². The second kappa shape index (κ2) is 5.26. The van der Waals surface area contributed by atoms with E-state index in [2.05, 4.69) is 15.0 Å². The average molecular weight is 227 g/mol. The molecule has 16 heavy (non-hydrogen) atoms. The molecule has 1 heterocycles. The van der Waals surface area contributed by atoms with Gasteiger partial charge in [-0.05, 0) is 17.7 Å². The van der Waals surface area contributed by atoms with Gasteiger partial charge in [0.2, 0.25) is 5.95 Å². The Bertz CT molecular complexity index is 421. The first-order chi connectivity index (χ1) is 7.56. The van der Waals surface area contributed by atoms with Crippen LogP contribution in [0.15, 0.2) is 17.2 Å². The Balaban J connectivity index is 2.90. The molecule has 2 atom stereocenters. The van der Waals surface area contributed by atoms with Gasteiger partial charge in [0, 0.05) is 4.91 Å². The van der Waals surface area contributed by atoms with Gasteiger partial charge in [-0.2, -0.15) is 4.39 Å². The molecule has 8 heteroatoms. The Morgan fingerprint density at radius 2 is 2.25 bits per heavy atom. The number of nitrogens with zero attached hydrogens (tertiary/aromatic N) is 4. The Morgan fingerprint density at radius 3 is 2.88 bits per heavy atom. The van der Waals surface area contributed by atoms with E-state index in [4.69, 9.17) is 11.3 Å². The summed E-state index contributed by atoms with van der Waals surface area (Å²) in [5, 5.41) is 22.0. The molecule has 4 N–H and O–H groups in total. The van der Waals surface area contributed by atoms with Gasteiger partial charge >= 0.3 is 0 Å². The van der Waals surface area contributed by atoms with Gasteiger partial charge in [0.25, 0.3) is 0 Å². The molecular formula is C8H10FN5O2. The van der Waals surface area contributed by atoms with E-state index in [0.29, 0.717) is 0 Å². The highest BCUT2D eigenvalue weighted by molar-refractivity contribution is 5.43. The van der Waals surface area contributed by atoms with Gasteiger partial charge in [-0.15, -0.1) is 0 Å². The molecule has 0 saturated carbocycles. The average Bonchev–Trinajstić information content (AvgIpc) is 2.28. The number of halogens is 1. The van der Waals surface area contributed by atoms with E-state index in [-0.39, 0.29) is 17.9 Å². The number of pyridine rings is 1. The van der Waals surface area contributed by atoms with Gasteiger partial charge < -0.3 is 15.9 Å². The lowest BCUT2D eigenvalue weighted by atomic mass is 10.1. The molecule has 0 aromatic carbocycles. The van der Waals surface area contributed by atoms with Crippen LogP contribution in [0.25, 0.3) is 10.4 Å². The van der Waals surface area contributed by atoms with Crippen LogP contribution in [-0.4, -0.2) is 27.8 Å². The number of azide groups is 1. The van der Waals surface area contributed by atoms with E-state index in [1.807, 2.05) is 0 Å². The monoisotopic (exact) mass is 227 g/mol. The number of hydrogen-bond donors (Lipinski definition) is 3. The Morgan fingerprint density at radius 1 is 1.56 bits per heavy atom. The van der Waals surface area contributed by atoms with Crippen LogP contribution in [0.4, 0.5) is 10.1 Å². The summed E-state index contributed by atoms with van der Waals surface area (Å²) in [7, 11) is 0. The molecule has 0 aliphatic rings. The first-order valence-corrected chi connectivity index (χ1v) is 4.35. The molecule has 0 aliphatic heterocycles. The zero-order chi connectivity index (χ0) is 12.1. The van der Waals surface area contributed by atoms with Crippen molar-refractivity contribution in [3.05, 3.63) is 34.2 Å². The maximum absolute atomic E-state index is 12.8. The molecule has 0 amide bonds. The summed E-state index contributed by atoms with van der Waals surface area (Å²) >= 11 is 0. The lowest BCUT2D eigenvalue weighted by Crippen LogP contribution is -2.23. The molecule has 0 fully saturated rings. The highest BCUT2D eigenvalue weighted by atomic mass is 19.1. The molecule has 7 nitrogen and oxygen atoms in total. The minimum absolute atomic E-state index is 0.0499. The van der Waals surface area contributed by atoms with Gasteiger partial charge in [-0.25, -0.2) is 4.98 Å². The molecular weight excluding hydrogens is 217 g/mol. The van der Waals surface area contributed by atoms with Crippen molar-refractivity contribution in [2.24, 2.45) is 5.11 Å². The van der Waals surface area contributed by atoms with Crippen LogP contribution in [0.1, 0.15) is 11.8 Å². The lowest BCUT2D eigenvalue weighted by Gasteiger charge is -2.16. The minimum atomic E-state index is -1.50. The number of anilines is 1. The quantitative estimate of drug-likeness (QED) is 0.299. The van der Waals surface area contributed by atoms with E-state index in [9.17, 15) is 14.6 Å². The van der Waals surface area contributed by atoms with Crippen molar-refractivity contribution in [1.29, 1.82) is 0 Å². The van der Waals surface area contributed by atoms with E-state index >= 15 is 0 Å². The largest absolute Gasteiger partial charge is 0.397 e. The summed E-state index contributed by atoms with van der Waals surface area (Å²) in [5.74, 6) is -0.820. The summed E-state index contributed by atoms with van der Waals surface area (Å²) in [4.78, 5) is 5.79. The number of aliphatic hydroxyl groups excluding tert-OH is 2. The highest BCUT2D eigenvalue weighted by Crippen LogP contribution is 2.21. The molecule has 0 bridgehead atoms. The van der Waals surface area contributed by atoms with Crippen molar-refractivity contribution >= 4 is 5.69 Å². The van der Waals surface area contributed by atoms with Crippen LogP contribution in [0.2, 0.25) is 0 Å². The molecule has 1 rings (SSSR count). The topological polar surface area (TPSA) is 128 Å². The smallest absolute Gasteiger partial charge is 0.213 e. The third kappa shape index (κ3) is 2.80. The van der Waals surface area contributed by atoms with Crippen LogP contribution in [-0.2, 0) is 0 Å². The molecule has 1 aromatic heterocycles. The predicted octanol–water partition coefficient (Wildman–Crippen LogP) is 0.508. The molecule has 86 valence electrons. The summed E-state index contributed by atoms with van der Waals surface area (Å²) in [5.41, 5.74) is 13.4. The summed E-state index contributed by atoms with van der Waals surface area (Å²) < 4.78 is 12.8. The van der Waals surface area contributed by atoms with Gasteiger partial charge in [-0.3, -0.25) is 0 Å². The van der Waals surface area contributed by atoms with Crippen molar-refractivity contribution in [3.63, 3.8) is 0 Å². The fraction of sp³-hybridized carbons (Fsp3) is 0.375. The summed E-state index contributed by atoms with van der Waals surface area (Å²) in [6.45, 7) is -0.352. The molecule has 1 aromatic rings. The maximum atomic E-state index is 12.8. The van der Waals surface area contributed by atoms with Gasteiger partial charge in [-0.1, -0.05) is 5.11 Å². The van der Waals surface area contributed by atoms with Crippen LogP contribution < -0.4 is 5.73 Å². The van der Waals surface area contributed by atoms with Crippen molar-refractivity contribution < 1.29 is 14.6 Å². The second-order valence-corrected chi connectivity index (χ2v) is 3.03. The summed E-state index contributed by atoms with van der Waals surface area (Å²) in [6.07, 6.45) is -2.88. The third-order valence-electron chi connectivity index (χ3n) is 1.90. The van der Waals surface area contributed by atoms with E-state index in [0.717, 1.165) is 6.07 Å². The van der Waals surface area contributed by atoms with Crippen molar-refractivity contribution in [2.75, 3.05) is 12.3 Å². The second-order valence-electron chi connectivity index (χ2n) is 3.03. The molecule has 0 spiro atoms. The zero-order valence-corrected chi connectivity index (χ0v) is 8.16. The fourth-order valence-corrected chi connectivity index (χ4v) is 1.10. The number of rotatable bonds is 4. The molecule has 0 aliphatic carbocycles. The Labute approximate surface area is 90.0 Å². The number of aliphatic hydroxyl groups is 2. The Kier molecular flexibility index (Phi) is 4.01. The minimum Gasteiger partial charge on any atom is -0.397 e. The molecule has 0 saturated heterocycles. The highest BCUT2D eigenvalue weighted by Gasteiger charge is 2.21. The van der Waals surface area contributed by atoms with Crippen LogP contribution >= 0.6 is 0 Å². The van der Waals surface area contributed by atoms with E-state index in [1.165, 1.54) is 6.07 Å². The van der Waals surface area contributed by atoms with E-state index < -0.39 is 18.2 Å². The molecule has 0 radical (unpaired) electrons. The first-order valence-electron chi connectivity index (χ1n) is 4.35. The van der Waals surface area contributed by atoms with Gasteiger partial charge in [0.1, 0.15) is 6.10 Å². The van der Waals surface area contributed by atoms with Gasteiger partial charge in [0.15, 0.2) is 0 Å². The fourth-order valence-electron chi connectivity index (χ4n) is 1.10. The third-order valence-corrected chi connectivity index (χ3v) is 1.90. The Hall–Kier alpha value is -1.89. The number of nitrogens with two attached hydrogens (primary N) is 1. The number of aromatic nitrogens is 1. The summed E-state index contributed by atoms with van der Waals surface area (Å²) in [6, 6.07) is 2.26. The van der Waals surface area contributed by atoms with Crippen LogP contribution in [0.5, 0.6) is 0 Å². The van der Waals surface area contributed by atoms with Crippen molar-refractivity contribution in [1.82, 2.24) is 4.98 Å². The van der Waals surface area contributed by atoms with Crippen LogP contribution in [0.3, 0.4) is 0 Å². The number of hydrogen-bond acceptors (Lipinski definition) is 5. The van der Waals surface area contributed by atoms with Gasteiger partial charge in [0.05, 0.1) is 24.0 Å². The molecule has 2 unspecified atom stereocenters.